The average molecular weight is 274 g/mol. The van der Waals surface area contributed by atoms with Crippen LogP contribution in [0, 0.1) is 6.92 Å². The Morgan fingerprint density at radius 1 is 1.32 bits per heavy atom. The lowest BCUT2D eigenvalue weighted by atomic mass is 10.1. The smallest absolute Gasteiger partial charge is 0.354 e. The highest BCUT2D eigenvalue weighted by molar-refractivity contribution is 7.98. The van der Waals surface area contributed by atoms with Gasteiger partial charge in [0.2, 0.25) is 0 Å². The molecule has 98 valence electrons. The van der Waals surface area contributed by atoms with Crippen LogP contribution in [-0.2, 0) is 5.75 Å². The number of benzene rings is 1. The fourth-order valence-corrected chi connectivity index (χ4v) is 2.62. The van der Waals surface area contributed by atoms with Gasteiger partial charge in [-0.05, 0) is 30.2 Å². The Morgan fingerprint density at radius 2 is 2.05 bits per heavy atom. The molecule has 0 aliphatic heterocycles. The number of aromatic nitrogens is 1. The zero-order valence-electron chi connectivity index (χ0n) is 10.5. The van der Waals surface area contributed by atoms with Crippen LogP contribution in [0.1, 0.15) is 21.6 Å². The topological polar surface area (TPSA) is 76.2 Å². The molecule has 0 unspecified atom stereocenters. The molecule has 0 spiro atoms. The number of carbonyl (C=O) groups is 1. The predicted molar refractivity (Wildman–Crippen MR) is 76.3 cm³/mol. The lowest BCUT2D eigenvalue weighted by Crippen LogP contribution is -2.03. The van der Waals surface area contributed by atoms with E-state index in [2.05, 4.69) is 4.98 Å². The first kappa shape index (κ1) is 13.4. The molecule has 0 amide bonds. The standard InChI is InChI=1S/C14H14N2O2S/c1-9-4-2-3-5-10(9)8-19-13-11(15)6-7-12(16-13)14(17)18/h2-7H,8,15H2,1H3,(H,17,18). The van der Waals surface area contributed by atoms with E-state index >= 15 is 0 Å². The molecule has 0 bridgehead atoms. The summed E-state index contributed by atoms with van der Waals surface area (Å²) in [5, 5.41) is 9.48. The van der Waals surface area contributed by atoms with Crippen molar-refractivity contribution in [2.75, 3.05) is 5.73 Å². The minimum Gasteiger partial charge on any atom is -0.477 e. The first-order valence-electron chi connectivity index (χ1n) is 5.75. The van der Waals surface area contributed by atoms with Gasteiger partial charge < -0.3 is 10.8 Å². The summed E-state index contributed by atoms with van der Waals surface area (Å²) in [4.78, 5) is 14.9. The number of aromatic carboxylic acids is 1. The van der Waals surface area contributed by atoms with Gasteiger partial charge in [0.15, 0.2) is 0 Å². The maximum Gasteiger partial charge on any atom is 0.354 e. The number of hydrogen-bond donors (Lipinski definition) is 2. The molecule has 0 fully saturated rings. The second kappa shape index (κ2) is 5.75. The molecule has 0 aliphatic carbocycles. The van der Waals surface area contributed by atoms with Crippen LogP contribution in [0.2, 0.25) is 0 Å². The second-order valence-corrected chi connectivity index (χ2v) is 5.08. The summed E-state index contributed by atoms with van der Waals surface area (Å²) in [6.45, 7) is 2.04. The zero-order valence-corrected chi connectivity index (χ0v) is 11.3. The summed E-state index contributed by atoms with van der Waals surface area (Å²) < 4.78 is 0. The highest BCUT2D eigenvalue weighted by Crippen LogP contribution is 2.27. The van der Waals surface area contributed by atoms with E-state index in [1.807, 2.05) is 31.2 Å². The largest absolute Gasteiger partial charge is 0.477 e. The van der Waals surface area contributed by atoms with Crippen molar-refractivity contribution in [2.45, 2.75) is 17.7 Å². The molecule has 2 rings (SSSR count). The molecule has 0 saturated heterocycles. The van der Waals surface area contributed by atoms with Crippen LogP contribution in [-0.4, -0.2) is 16.1 Å². The third-order valence-corrected chi connectivity index (χ3v) is 3.79. The van der Waals surface area contributed by atoms with Gasteiger partial charge in [0.05, 0.1) is 5.69 Å². The van der Waals surface area contributed by atoms with Crippen molar-refractivity contribution in [1.82, 2.24) is 4.98 Å². The third kappa shape index (κ3) is 3.26. The molecular formula is C14H14N2O2S. The maximum atomic E-state index is 10.9. The number of pyridine rings is 1. The van der Waals surface area contributed by atoms with Crippen molar-refractivity contribution < 1.29 is 9.90 Å². The zero-order chi connectivity index (χ0) is 13.8. The van der Waals surface area contributed by atoms with Crippen LogP contribution < -0.4 is 5.73 Å². The molecule has 19 heavy (non-hydrogen) atoms. The van der Waals surface area contributed by atoms with E-state index in [1.54, 1.807) is 6.07 Å². The fourth-order valence-electron chi connectivity index (χ4n) is 1.60. The number of anilines is 1. The molecule has 0 aliphatic rings. The molecule has 1 heterocycles. The summed E-state index contributed by atoms with van der Waals surface area (Å²) in [5.74, 6) is -0.329. The van der Waals surface area contributed by atoms with Crippen LogP contribution in [0.4, 0.5) is 5.69 Å². The van der Waals surface area contributed by atoms with E-state index in [9.17, 15) is 4.79 Å². The molecule has 5 heteroatoms. The van der Waals surface area contributed by atoms with E-state index in [0.29, 0.717) is 16.5 Å². The van der Waals surface area contributed by atoms with Gasteiger partial charge in [0, 0.05) is 5.75 Å². The van der Waals surface area contributed by atoms with Crippen LogP contribution in [0.3, 0.4) is 0 Å². The molecular weight excluding hydrogens is 260 g/mol. The Morgan fingerprint density at radius 3 is 2.74 bits per heavy atom. The number of carboxylic acid groups (broad SMARTS) is 1. The molecule has 4 nitrogen and oxygen atoms in total. The SMILES string of the molecule is Cc1ccccc1CSc1nc(C(=O)O)ccc1N. The third-order valence-electron chi connectivity index (χ3n) is 2.73. The quantitative estimate of drug-likeness (QED) is 0.838. The molecule has 0 saturated carbocycles. The van der Waals surface area contributed by atoms with Gasteiger partial charge in [-0.2, -0.15) is 0 Å². The summed E-state index contributed by atoms with van der Waals surface area (Å²) in [6.07, 6.45) is 0. The van der Waals surface area contributed by atoms with Crippen LogP contribution in [0.15, 0.2) is 41.4 Å². The van der Waals surface area contributed by atoms with E-state index in [1.165, 1.54) is 29.0 Å². The number of hydrogen-bond acceptors (Lipinski definition) is 4. The molecule has 0 radical (unpaired) electrons. The van der Waals surface area contributed by atoms with Gasteiger partial charge in [-0.15, -0.1) is 0 Å². The van der Waals surface area contributed by atoms with E-state index in [4.69, 9.17) is 10.8 Å². The summed E-state index contributed by atoms with van der Waals surface area (Å²) in [6, 6.07) is 11.0. The lowest BCUT2D eigenvalue weighted by Gasteiger charge is -2.07. The van der Waals surface area contributed by atoms with Gasteiger partial charge in [0.25, 0.3) is 0 Å². The minimum absolute atomic E-state index is 0.0153. The van der Waals surface area contributed by atoms with Crippen molar-refractivity contribution in [3.63, 3.8) is 0 Å². The van der Waals surface area contributed by atoms with E-state index in [0.717, 1.165) is 0 Å². The number of carboxylic acids is 1. The van der Waals surface area contributed by atoms with Crippen molar-refractivity contribution in [3.8, 4) is 0 Å². The summed E-state index contributed by atoms with van der Waals surface area (Å²) >= 11 is 1.45. The summed E-state index contributed by atoms with van der Waals surface area (Å²) in [7, 11) is 0. The molecule has 3 N–H and O–H groups in total. The summed E-state index contributed by atoms with van der Waals surface area (Å²) in [5.41, 5.74) is 8.72. The first-order valence-corrected chi connectivity index (χ1v) is 6.73. The molecule has 1 aromatic carbocycles. The molecule has 2 aromatic rings. The van der Waals surface area contributed by atoms with Crippen molar-refractivity contribution >= 4 is 23.4 Å². The monoisotopic (exact) mass is 274 g/mol. The number of nitrogens with two attached hydrogens (primary N) is 1. The molecule has 0 atom stereocenters. The minimum atomic E-state index is -1.04. The number of aryl methyl sites for hydroxylation is 1. The van der Waals surface area contributed by atoms with Crippen molar-refractivity contribution in [1.29, 1.82) is 0 Å². The Kier molecular flexibility index (Phi) is 4.06. The normalized spacial score (nSPS) is 10.4. The van der Waals surface area contributed by atoms with Gasteiger partial charge >= 0.3 is 5.97 Å². The van der Waals surface area contributed by atoms with Gasteiger partial charge in [-0.25, -0.2) is 9.78 Å². The van der Waals surface area contributed by atoms with Crippen molar-refractivity contribution in [2.24, 2.45) is 0 Å². The fraction of sp³-hybridized carbons (Fsp3) is 0.143. The number of nitrogens with zero attached hydrogens (tertiary/aromatic N) is 1. The maximum absolute atomic E-state index is 10.9. The average Bonchev–Trinajstić information content (AvgIpc) is 2.39. The highest BCUT2D eigenvalue weighted by Gasteiger charge is 2.09. The van der Waals surface area contributed by atoms with Gasteiger partial charge in [0.1, 0.15) is 10.7 Å². The molecule has 1 aromatic heterocycles. The predicted octanol–water partition coefficient (Wildman–Crippen LogP) is 2.96. The first-order chi connectivity index (χ1) is 9.08. The Bertz CT molecular complexity index is 614. The Labute approximate surface area is 115 Å². The highest BCUT2D eigenvalue weighted by atomic mass is 32.2. The van der Waals surface area contributed by atoms with Crippen LogP contribution in [0.25, 0.3) is 0 Å². The Balaban J connectivity index is 2.17. The van der Waals surface area contributed by atoms with E-state index < -0.39 is 5.97 Å². The lowest BCUT2D eigenvalue weighted by molar-refractivity contribution is 0.0690. The van der Waals surface area contributed by atoms with Gasteiger partial charge in [-0.1, -0.05) is 36.0 Å². The number of nitrogen functional groups attached to an aromatic ring is 1. The number of rotatable bonds is 4. The number of thioether (sulfide) groups is 1. The van der Waals surface area contributed by atoms with Crippen LogP contribution >= 0.6 is 11.8 Å². The second-order valence-electron chi connectivity index (χ2n) is 4.11. The van der Waals surface area contributed by atoms with E-state index in [-0.39, 0.29) is 5.69 Å². The van der Waals surface area contributed by atoms with Crippen LogP contribution in [0.5, 0.6) is 0 Å². The Hall–Kier alpha value is -2.01. The van der Waals surface area contributed by atoms with Crippen molar-refractivity contribution in [3.05, 3.63) is 53.2 Å². The van der Waals surface area contributed by atoms with Gasteiger partial charge in [-0.3, -0.25) is 0 Å².